The molecule has 0 aliphatic rings. The number of aliphatic carboxylic acids is 1. The van der Waals surface area contributed by atoms with Crippen LogP contribution in [0, 0.1) is 0 Å². The molecule has 2 rings (SSSR count). The van der Waals surface area contributed by atoms with E-state index in [1.54, 1.807) is 12.3 Å². The average Bonchev–Trinajstić information content (AvgIpc) is 2.69. The van der Waals surface area contributed by atoms with E-state index in [0.29, 0.717) is 5.69 Å². The van der Waals surface area contributed by atoms with E-state index in [4.69, 9.17) is 5.11 Å². The fraction of sp³-hybridized carbons (Fsp3) is 0.111. The second-order valence-corrected chi connectivity index (χ2v) is 2.93. The average molecular weight is 191 g/mol. The number of rotatable bonds is 3. The van der Waals surface area contributed by atoms with Crippen LogP contribution in [0.3, 0.4) is 0 Å². The van der Waals surface area contributed by atoms with Gasteiger partial charge in [-0.05, 0) is 18.2 Å². The first kappa shape index (κ1) is 8.55. The summed E-state index contributed by atoms with van der Waals surface area (Å²) in [6.45, 7) is 0. The predicted molar refractivity (Wildman–Crippen MR) is 49.7 cm³/mol. The number of carbonyl (C=O) groups is 1. The van der Waals surface area contributed by atoms with Gasteiger partial charge in [0.2, 0.25) is 0 Å². The second-order valence-electron chi connectivity index (χ2n) is 2.93. The minimum atomic E-state index is -0.869. The molecule has 2 aromatic rings. The van der Waals surface area contributed by atoms with Crippen LogP contribution in [-0.2, 0) is 11.2 Å². The van der Waals surface area contributed by atoms with Gasteiger partial charge in [-0.2, -0.15) is 5.10 Å². The lowest BCUT2D eigenvalue weighted by atomic mass is 10.2. The Balaban J connectivity index is 2.22. The summed E-state index contributed by atoms with van der Waals surface area (Å²) in [5.74, 6) is -0.869. The zero-order valence-corrected chi connectivity index (χ0v) is 7.32. The van der Waals surface area contributed by atoms with Crippen molar-refractivity contribution in [3.63, 3.8) is 0 Å². The molecule has 0 aromatic carbocycles. The number of hydrogen-bond donors (Lipinski definition) is 3. The molecule has 0 saturated carbocycles. The van der Waals surface area contributed by atoms with Crippen molar-refractivity contribution in [2.24, 2.45) is 0 Å². The fourth-order valence-electron chi connectivity index (χ4n) is 1.24. The quantitative estimate of drug-likeness (QED) is 0.677. The van der Waals surface area contributed by atoms with Crippen LogP contribution in [0.25, 0.3) is 11.4 Å². The van der Waals surface area contributed by atoms with Gasteiger partial charge in [0, 0.05) is 11.9 Å². The molecule has 5 heteroatoms. The zero-order valence-electron chi connectivity index (χ0n) is 7.32. The van der Waals surface area contributed by atoms with E-state index in [9.17, 15) is 4.79 Å². The molecule has 0 unspecified atom stereocenters. The topological polar surface area (TPSA) is 81.8 Å². The van der Waals surface area contributed by atoms with E-state index < -0.39 is 5.97 Å². The third-order valence-electron chi connectivity index (χ3n) is 1.85. The van der Waals surface area contributed by atoms with Gasteiger partial charge in [-0.15, -0.1) is 0 Å². The lowest BCUT2D eigenvalue weighted by Gasteiger charge is -1.87. The maximum atomic E-state index is 10.4. The molecule has 5 nitrogen and oxygen atoms in total. The third kappa shape index (κ3) is 1.66. The van der Waals surface area contributed by atoms with Crippen molar-refractivity contribution >= 4 is 5.97 Å². The number of carboxylic acids is 1. The van der Waals surface area contributed by atoms with Gasteiger partial charge in [-0.3, -0.25) is 9.89 Å². The molecule has 0 radical (unpaired) electrons. The predicted octanol–water partition coefficient (Wildman–Crippen LogP) is 1.03. The van der Waals surface area contributed by atoms with Crippen molar-refractivity contribution < 1.29 is 9.90 Å². The van der Waals surface area contributed by atoms with Gasteiger partial charge in [0.25, 0.3) is 0 Å². The van der Waals surface area contributed by atoms with Gasteiger partial charge in [0.05, 0.1) is 12.1 Å². The van der Waals surface area contributed by atoms with Crippen LogP contribution >= 0.6 is 0 Å². The normalized spacial score (nSPS) is 10.3. The van der Waals surface area contributed by atoms with Crippen LogP contribution < -0.4 is 0 Å². The maximum absolute atomic E-state index is 10.4. The molecule has 3 N–H and O–H groups in total. The summed E-state index contributed by atoms with van der Waals surface area (Å²) in [7, 11) is 0. The maximum Gasteiger partial charge on any atom is 0.309 e. The summed E-state index contributed by atoms with van der Waals surface area (Å²) in [6.07, 6.45) is 1.76. The van der Waals surface area contributed by atoms with Gasteiger partial charge >= 0.3 is 5.97 Å². The Morgan fingerprint density at radius 3 is 3.07 bits per heavy atom. The van der Waals surface area contributed by atoms with Crippen molar-refractivity contribution in [1.29, 1.82) is 0 Å². The second kappa shape index (κ2) is 3.37. The van der Waals surface area contributed by atoms with Crippen LogP contribution in [0.2, 0.25) is 0 Å². The van der Waals surface area contributed by atoms with Gasteiger partial charge in [-0.1, -0.05) is 0 Å². The van der Waals surface area contributed by atoms with E-state index in [-0.39, 0.29) is 6.42 Å². The lowest BCUT2D eigenvalue weighted by molar-refractivity contribution is -0.136. The largest absolute Gasteiger partial charge is 0.481 e. The number of nitrogens with one attached hydrogen (secondary N) is 2. The number of aromatic amines is 2. The van der Waals surface area contributed by atoms with E-state index in [1.165, 1.54) is 0 Å². The molecule has 2 aromatic heterocycles. The summed E-state index contributed by atoms with van der Waals surface area (Å²) in [5.41, 5.74) is 2.20. The van der Waals surface area contributed by atoms with Crippen LogP contribution in [0.4, 0.5) is 0 Å². The molecule has 2 heterocycles. The molecule has 72 valence electrons. The van der Waals surface area contributed by atoms with E-state index in [1.807, 2.05) is 12.1 Å². The van der Waals surface area contributed by atoms with Crippen LogP contribution in [0.5, 0.6) is 0 Å². The first-order chi connectivity index (χ1) is 6.75. The molecular weight excluding hydrogens is 182 g/mol. The zero-order chi connectivity index (χ0) is 9.97. The minimum Gasteiger partial charge on any atom is -0.481 e. The number of nitrogens with zero attached hydrogens (tertiary/aromatic N) is 1. The van der Waals surface area contributed by atoms with E-state index in [0.717, 1.165) is 11.4 Å². The van der Waals surface area contributed by atoms with E-state index in [2.05, 4.69) is 15.2 Å². The van der Waals surface area contributed by atoms with Crippen molar-refractivity contribution in [3.05, 3.63) is 30.1 Å². The molecular formula is C9H9N3O2. The van der Waals surface area contributed by atoms with Gasteiger partial charge in [0.15, 0.2) is 0 Å². The summed E-state index contributed by atoms with van der Waals surface area (Å²) in [5, 5.41) is 15.2. The molecule has 14 heavy (non-hydrogen) atoms. The molecule has 0 aliphatic heterocycles. The van der Waals surface area contributed by atoms with Gasteiger partial charge in [0.1, 0.15) is 5.69 Å². The number of aromatic nitrogens is 3. The SMILES string of the molecule is O=C(O)Cc1cc(-c2ccc[nH]2)n[nH]1. The Bertz CT molecular complexity index is 431. The molecule has 0 amide bonds. The summed E-state index contributed by atoms with van der Waals surface area (Å²) >= 11 is 0. The van der Waals surface area contributed by atoms with Crippen molar-refractivity contribution in [3.8, 4) is 11.4 Å². The Hall–Kier alpha value is -2.04. The lowest BCUT2D eigenvalue weighted by Crippen LogP contribution is -1.99. The minimum absolute atomic E-state index is 0.0340. The Labute approximate surface area is 79.8 Å². The highest BCUT2D eigenvalue weighted by Crippen LogP contribution is 2.14. The smallest absolute Gasteiger partial charge is 0.309 e. The Kier molecular flexibility index (Phi) is 2.06. The summed E-state index contributed by atoms with van der Waals surface area (Å²) < 4.78 is 0. The summed E-state index contributed by atoms with van der Waals surface area (Å²) in [4.78, 5) is 13.4. The van der Waals surface area contributed by atoms with Crippen molar-refractivity contribution in [2.75, 3.05) is 0 Å². The molecule has 0 saturated heterocycles. The Morgan fingerprint density at radius 2 is 2.43 bits per heavy atom. The van der Waals surface area contributed by atoms with Crippen LogP contribution in [0.15, 0.2) is 24.4 Å². The fourth-order valence-corrected chi connectivity index (χ4v) is 1.24. The highest BCUT2D eigenvalue weighted by atomic mass is 16.4. The van der Waals surface area contributed by atoms with Crippen molar-refractivity contribution in [1.82, 2.24) is 15.2 Å². The van der Waals surface area contributed by atoms with Gasteiger partial charge in [-0.25, -0.2) is 0 Å². The first-order valence-corrected chi connectivity index (χ1v) is 4.15. The first-order valence-electron chi connectivity index (χ1n) is 4.15. The highest BCUT2D eigenvalue weighted by molar-refractivity contribution is 5.70. The van der Waals surface area contributed by atoms with Gasteiger partial charge < -0.3 is 10.1 Å². The monoisotopic (exact) mass is 191 g/mol. The molecule has 0 atom stereocenters. The number of hydrogen-bond acceptors (Lipinski definition) is 2. The molecule has 0 aliphatic carbocycles. The molecule has 0 spiro atoms. The molecule has 0 fully saturated rings. The van der Waals surface area contributed by atoms with E-state index >= 15 is 0 Å². The number of carboxylic acid groups (broad SMARTS) is 1. The van der Waals surface area contributed by atoms with Crippen LogP contribution in [-0.4, -0.2) is 26.3 Å². The summed E-state index contributed by atoms with van der Waals surface area (Å²) in [6, 6.07) is 5.46. The number of H-pyrrole nitrogens is 2. The molecule has 0 bridgehead atoms. The standard InChI is InChI=1S/C9H9N3O2/c13-9(14)5-6-4-8(12-11-6)7-2-1-3-10-7/h1-4,10H,5H2,(H,11,12)(H,13,14). The van der Waals surface area contributed by atoms with Crippen molar-refractivity contribution in [2.45, 2.75) is 6.42 Å². The third-order valence-corrected chi connectivity index (χ3v) is 1.85. The van der Waals surface area contributed by atoms with Crippen LogP contribution in [0.1, 0.15) is 5.69 Å². The Morgan fingerprint density at radius 1 is 1.57 bits per heavy atom. The highest BCUT2D eigenvalue weighted by Gasteiger charge is 2.06.